The van der Waals surface area contributed by atoms with Crippen LogP contribution in [0.1, 0.15) is 13.3 Å². The minimum atomic E-state index is -0.465. The molecule has 3 nitrogen and oxygen atoms in total. The lowest BCUT2D eigenvalue weighted by Gasteiger charge is -2.11. The molecule has 5 heteroatoms. The van der Waals surface area contributed by atoms with Gasteiger partial charge in [0.1, 0.15) is 0 Å². The van der Waals surface area contributed by atoms with Crippen LogP contribution in [0.4, 0.5) is 5.69 Å². The van der Waals surface area contributed by atoms with Crippen molar-refractivity contribution in [3.63, 3.8) is 0 Å². The molecule has 1 unspecified atom stereocenters. The molecule has 21 heavy (non-hydrogen) atoms. The van der Waals surface area contributed by atoms with Crippen LogP contribution in [0, 0.1) is 0 Å². The normalized spacial score (nSPS) is 12.0. The SMILES string of the molecule is CCC(N)C(=O)Nc1cccc(Sc2ccc(Br)cc2)c1. The minimum absolute atomic E-state index is 0.150. The maximum atomic E-state index is 11.8. The quantitative estimate of drug-likeness (QED) is 0.832. The lowest BCUT2D eigenvalue weighted by molar-refractivity contribution is -0.117. The van der Waals surface area contributed by atoms with Crippen molar-refractivity contribution in [1.29, 1.82) is 0 Å². The Morgan fingerprint density at radius 1 is 1.24 bits per heavy atom. The van der Waals surface area contributed by atoms with Crippen molar-refractivity contribution in [3.05, 3.63) is 53.0 Å². The van der Waals surface area contributed by atoms with E-state index in [1.54, 1.807) is 11.8 Å². The van der Waals surface area contributed by atoms with E-state index in [1.165, 1.54) is 0 Å². The maximum absolute atomic E-state index is 11.8. The summed E-state index contributed by atoms with van der Waals surface area (Å²) in [5, 5.41) is 2.84. The molecule has 110 valence electrons. The molecule has 0 radical (unpaired) electrons. The first-order chi connectivity index (χ1) is 10.1. The Morgan fingerprint density at radius 2 is 1.95 bits per heavy atom. The minimum Gasteiger partial charge on any atom is -0.325 e. The molecule has 0 aliphatic carbocycles. The van der Waals surface area contributed by atoms with E-state index in [1.807, 2.05) is 55.5 Å². The summed E-state index contributed by atoms with van der Waals surface area (Å²) < 4.78 is 1.06. The number of hydrogen-bond donors (Lipinski definition) is 2. The molecule has 0 aromatic heterocycles. The van der Waals surface area contributed by atoms with Crippen LogP contribution in [0.5, 0.6) is 0 Å². The standard InChI is InChI=1S/C16H17BrN2OS/c1-2-15(18)16(20)19-12-4-3-5-14(10-12)21-13-8-6-11(17)7-9-13/h3-10,15H,2,18H2,1H3,(H,19,20). The number of nitrogens with one attached hydrogen (secondary N) is 1. The van der Waals surface area contributed by atoms with Gasteiger partial charge in [0.15, 0.2) is 0 Å². The molecule has 1 amide bonds. The molecular formula is C16H17BrN2OS. The van der Waals surface area contributed by atoms with Gasteiger partial charge in [-0.2, -0.15) is 0 Å². The van der Waals surface area contributed by atoms with E-state index in [9.17, 15) is 4.79 Å². The van der Waals surface area contributed by atoms with Crippen LogP contribution in [0.15, 0.2) is 62.8 Å². The third-order valence-corrected chi connectivity index (χ3v) is 4.45. The van der Waals surface area contributed by atoms with Crippen LogP contribution in [0.3, 0.4) is 0 Å². The van der Waals surface area contributed by atoms with Gasteiger partial charge in [-0.1, -0.05) is 40.7 Å². The number of carbonyl (C=O) groups excluding carboxylic acids is 1. The highest BCUT2D eigenvalue weighted by Gasteiger charge is 2.11. The van der Waals surface area contributed by atoms with Crippen LogP contribution in [-0.4, -0.2) is 11.9 Å². The van der Waals surface area contributed by atoms with Gasteiger partial charge in [0.2, 0.25) is 5.91 Å². The summed E-state index contributed by atoms with van der Waals surface area (Å²) in [5.41, 5.74) is 6.49. The Labute approximate surface area is 137 Å². The molecule has 1 atom stereocenters. The fourth-order valence-corrected chi connectivity index (χ4v) is 2.84. The molecule has 0 spiro atoms. The summed E-state index contributed by atoms with van der Waals surface area (Å²) in [6.07, 6.45) is 0.624. The Balaban J connectivity index is 2.07. The first-order valence-corrected chi connectivity index (χ1v) is 8.29. The lowest BCUT2D eigenvalue weighted by atomic mass is 10.2. The van der Waals surface area contributed by atoms with Crippen LogP contribution < -0.4 is 11.1 Å². The maximum Gasteiger partial charge on any atom is 0.241 e. The smallest absolute Gasteiger partial charge is 0.241 e. The lowest BCUT2D eigenvalue weighted by Crippen LogP contribution is -2.34. The van der Waals surface area contributed by atoms with Crippen LogP contribution in [0.2, 0.25) is 0 Å². The van der Waals surface area contributed by atoms with E-state index in [-0.39, 0.29) is 5.91 Å². The first-order valence-electron chi connectivity index (χ1n) is 6.68. The van der Waals surface area contributed by atoms with Gasteiger partial charge >= 0.3 is 0 Å². The van der Waals surface area contributed by atoms with Gasteiger partial charge in [0.05, 0.1) is 6.04 Å². The van der Waals surface area contributed by atoms with Crippen molar-refractivity contribution < 1.29 is 4.79 Å². The van der Waals surface area contributed by atoms with Gasteiger partial charge in [0, 0.05) is 20.0 Å². The Hall–Kier alpha value is -1.30. The summed E-state index contributed by atoms with van der Waals surface area (Å²) in [4.78, 5) is 14.0. The van der Waals surface area contributed by atoms with Crippen molar-refractivity contribution in [2.75, 3.05) is 5.32 Å². The number of rotatable bonds is 5. The third-order valence-electron chi connectivity index (χ3n) is 2.93. The molecule has 0 aliphatic rings. The number of carbonyl (C=O) groups is 1. The predicted molar refractivity (Wildman–Crippen MR) is 91.6 cm³/mol. The highest BCUT2D eigenvalue weighted by atomic mass is 79.9. The molecule has 2 rings (SSSR count). The third kappa shape index (κ3) is 4.88. The second kappa shape index (κ2) is 7.64. The average molecular weight is 365 g/mol. The van der Waals surface area contributed by atoms with Crippen molar-refractivity contribution in [3.8, 4) is 0 Å². The van der Waals surface area contributed by atoms with E-state index in [2.05, 4.69) is 21.2 Å². The van der Waals surface area contributed by atoms with E-state index >= 15 is 0 Å². The Bertz CT molecular complexity index is 616. The molecule has 0 bridgehead atoms. The number of benzene rings is 2. The summed E-state index contributed by atoms with van der Waals surface area (Å²) in [5.74, 6) is -0.150. The number of hydrogen-bond acceptors (Lipinski definition) is 3. The van der Waals surface area contributed by atoms with Gasteiger partial charge in [-0.05, 0) is 48.9 Å². The summed E-state index contributed by atoms with van der Waals surface area (Å²) >= 11 is 5.07. The van der Waals surface area contributed by atoms with Crippen molar-refractivity contribution in [2.45, 2.75) is 29.2 Å². The van der Waals surface area contributed by atoms with E-state index in [0.29, 0.717) is 6.42 Å². The number of amides is 1. The molecular weight excluding hydrogens is 348 g/mol. The van der Waals surface area contributed by atoms with E-state index in [4.69, 9.17) is 5.73 Å². The van der Waals surface area contributed by atoms with Gasteiger partial charge in [-0.3, -0.25) is 4.79 Å². The summed E-state index contributed by atoms with van der Waals surface area (Å²) in [7, 11) is 0. The molecule has 3 N–H and O–H groups in total. The fourth-order valence-electron chi connectivity index (χ4n) is 1.70. The number of halogens is 1. The van der Waals surface area contributed by atoms with Gasteiger partial charge < -0.3 is 11.1 Å². The Morgan fingerprint density at radius 3 is 2.62 bits per heavy atom. The summed E-state index contributed by atoms with van der Waals surface area (Å²) in [6, 6.07) is 15.4. The van der Waals surface area contributed by atoms with Crippen molar-refractivity contribution >= 4 is 39.3 Å². The topological polar surface area (TPSA) is 55.1 Å². The molecule has 0 heterocycles. The monoisotopic (exact) mass is 364 g/mol. The highest BCUT2D eigenvalue weighted by molar-refractivity contribution is 9.10. The first kappa shape index (κ1) is 16.1. The fraction of sp³-hybridized carbons (Fsp3) is 0.188. The van der Waals surface area contributed by atoms with Crippen molar-refractivity contribution in [2.24, 2.45) is 5.73 Å². The predicted octanol–water partition coefficient (Wildman–Crippen LogP) is 4.28. The number of anilines is 1. The summed E-state index contributed by atoms with van der Waals surface area (Å²) in [6.45, 7) is 1.89. The zero-order valence-corrected chi connectivity index (χ0v) is 14.1. The van der Waals surface area contributed by atoms with Crippen LogP contribution >= 0.6 is 27.7 Å². The average Bonchev–Trinajstić information content (AvgIpc) is 2.49. The highest BCUT2D eigenvalue weighted by Crippen LogP contribution is 2.30. The Kier molecular flexibility index (Phi) is 5.85. The second-order valence-corrected chi connectivity index (χ2v) is 6.65. The van der Waals surface area contributed by atoms with Crippen LogP contribution in [0.25, 0.3) is 0 Å². The van der Waals surface area contributed by atoms with Gasteiger partial charge in [-0.15, -0.1) is 0 Å². The van der Waals surface area contributed by atoms with Gasteiger partial charge in [0.25, 0.3) is 0 Å². The van der Waals surface area contributed by atoms with Crippen LogP contribution in [-0.2, 0) is 4.79 Å². The molecule has 2 aromatic carbocycles. The van der Waals surface area contributed by atoms with Crippen molar-refractivity contribution in [1.82, 2.24) is 0 Å². The molecule has 0 aliphatic heterocycles. The van der Waals surface area contributed by atoms with E-state index < -0.39 is 6.04 Å². The molecule has 0 saturated heterocycles. The van der Waals surface area contributed by atoms with Gasteiger partial charge in [-0.25, -0.2) is 0 Å². The number of nitrogens with two attached hydrogens (primary N) is 1. The molecule has 0 saturated carbocycles. The second-order valence-electron chi connectivity index (χ2n) is 4.59. The molecule has 2 aromatic rings. The zero-order valence-electron chi connectivity index (χ0n) is 11.7. The zero-order chi connectivity index (χ0) is 15.2. The largest absolute Gasteiger partial charge is 0.325 e. The molecule has 0 fully saturated rings. The van der Waals surface area contributed by atoms with E-state index in [0.717, 1.165) is 20.0 Å².